The summed E-state index contributed by atoms with van der Waals surface area (Å²) in [6.45, 7) is 3.34. The smallest absolute Gasteiger partial charge is 0.254 e. The Kier molecular flexibility index (Phi) is 3.87. The number of phenolic OH excluding ortho intramolecular Hbond substituents is 1. The fourth-order valence-electron chi connectivity index (χ4n) is 9.84. The standard InChI is InChI=1S/C29H33N3O2/c33-22-4-3-20-13-25-28-8-5-24-26(21(15-28)17-32(24)27(34)19-6-10-30-11-7-19)29(28,23(20)14-22)9-12-31(25)16-18-1-2-18/h3-4,6-7,10-11,14,18,21,24-26,33H,1-2,5,8-9,12-13,15-17H2/t21-,24?,25?,26?,28?,29?/m1/s1. The minimum atomic E-state index is 0.102. The summed E-state index contributed by atoms with van der Waals surface area (Å²) in [5.74, 6) is 2.58. The Bertz CT molecular complexity index is 1180. The fourth-order valence-corrected chi connectivity index (χ4v) is 9.84. The summed E-state index contributed by atoms with van der Waals surface area (Å²) in [6, 6.07) is 10.9. The number of amides is 1. The number of hydrogen-bond acceptors (Lipinski definition) is 4. The van der Waals surface area contributed by atoms with Crippen LogP contribution < -0.4 is 0 Å². The predicted octanol–water partition coefficient (Wildman–Crippen LogP) is 4.01. The number of carbonyl (C=O) groups excluding carboxylic acids is 1. The number of piperidine rings is 1. The van der Waals surface area contributed by atoms with Crippen molar-refractivity contribution in [2.45, 2.75) is 62.4 Å². The van der Waals surface area contributed by atoms with Gasteiger partial charge in [0.25, 0.3) is 5.91 Å². The van der Waals surface area contributed by atoms with E-state index >= 15 is 0 Å². The van der Waals surface area contributed by atoms with Gasteiger partial charge >= 0.3 is 0 Å². The van der Waals surface area contributed by atoms with Crippen molar-refractivity contribution in [2.24, 2.45) is 23.2 Å². The molecule has 5 fully saturated rings. The van der Waals surface area contributed by atoms with Crippen molar-refractivity contribution in [3.05, 3.63) is 59.4 Å². The van der Waals surface area contributed by atoms with Gasteiger partial charge in [-0.2, -0.15) is 0 Å². The second-order valence-corrected chi connectivity index (χ2v) is 12.2. The molecule has 1 aromatic carbocycles. The van der Waals surface area contributed by atoms with Gasteiger partial charge in [0.2, 0.25) is 0 Å². The molecule has 1 amide bonds. The molecule has 5 heteroatoms. The maximum absolute atomic E-state index is 13.6. The molecule has 34 heavy (non-hydrogen) atoms. The Morgan fingerprint density at radius 1 is 1.12 bits per heavy atom. The van der Waals surface area contributed by atoms with E-state index in [0.29, 0.717) is 35.1 Å². The molecule has 0 radical (unpaired) electrons. The summed E-state index contributed by atoms with van der Waals surface area (Å²) in [6.07, 6.45) is 12.2. The van der Waals surface area contributed by atoms with Gasteiger partial charge in [-0.25, -0.2) is 0 Å². The molecule has 2 aromatic rings. The molecule has 176 valence electrons. The number of hydrogen-bond donors (Lipinski definition) is 1. The largest absolute Gasteiger partial charge is 0.508 e. The minimum Gasteiger partial charge on any atom is -0.508 e. The summed E-state index contributed by atoms with van der Waals surface area (Å²) in [7, 11) is 0. The van der Waals surface area contributed by atoms with E-state index in [1.807, 2.05) is 18.2 Å². The van der Waals surface area contributed by atoms with E-state index in [1.54, 1.807) is 12.4 Å². The fraction of sp³-hybridized carbons (Fsp3) is 0.586. The first-order chi connectivity index (χ1) is 16.6. The number of phenols is 1. The molecule has 5 nitrogen and oxygen atoms in total. The lowest BCUT2D eigenvalue weighted by atomic mass is 9.43. The number of benzene rings is 1. The third-order valence-corrected chi connectivity index (χ3v) is 11.0. The molecule has 4 bridgehead atoms. The van der Waals surface area contributed by atoms with Gasteiger partial charge in [-0.05, 0) is 110 Å². The summed E-state index contributed by atoms with van der Waals surface area (Å²) in [4.78, 5) is 22.9. The van der Waals surface area contributed by atoms with Crippen molar-refractivity contribution in [1.82, 2.24) is 14.8 Å². The third-order valence-electron chi connectivity index (χ3n) is 11.0. The molecule has 8 rings (SSSR count). The van der Waals surface area contributed by atoms with Gasteiger partial charge in [-0.15, -0.1) is 0 Å². The number of aromatic hydroxyl groups is 1. The Labute approximate surface area is 201 Å². The van der Waals surface area contributed by atoms with Crippen LogP contribution in [0.5, 0.6) is 5.75 Å². The molecule has 0 spiro atoms. The maximum Gasteiger partial charge on any atom is 0.254 e. The van der Waals surface area contributed by atoms with Crippen molar-refractivity contribution in [2.75, 3.05) is 19.6 Å². The lowest BCUT2D eigenvalue weighted by Gasteiger charge is -2.66. The van der Waals surface area contributed by atoms with Crippen LogP contribution >= 0.6 is 0 Å². The van der Waals surface area contributed by atoms with Crippen molar-refractivity contribution in [3.8, 4) is 5.75 Å². The van der Waals surface area contributed by atoms with Crippen molar-refractivity contribution in [1.29, 1.82) is 0 Å². The van der Waals surface area contributed by atoms with E-state index in [4.69, 9.17) is 0 Å². The first-order valence-corrected chi connectivity index (χ1v) is 13.4. The number of fused-ring (bicyclic) bond motifs is 1. The highest BCUT2D eigenvalue weighted by atomic mass is 16.3. The molecule has 1 N–H and O–H groups in total. The lowest BCUT2D eigenvalue weighted by molar-refractivity contribution is -0.102. The van der Waals surface area contributed by atoms with E-state index in [0.717, 1.165) is 30.9 Å². The van der Waals surface area contributed by atoms with Gasteiger partial charge in [-0.1, -0.05) is 6.07 Å². The molecule has 3 heterocycles. The number of likely N-dealkylation sites (tertiary alicyclic amines) is 2. The zero-order chi connectivity index (χ0) is 22.7. The zero-order valence-corrected chi connectivity index (χ0v) is 19.7. The van der Waals surface area contributed by atoms with Crippen LogP contribution in [0.3, 0.4) is 0 Å². The summed E-state index contributed by atoms with van der Waals surface area (Å²) < 4.78 is 0. The first-order valence-electron chi connectivity index (χ1n) is 13.4. The molecule has 5 unspecified atom stereocenters. The second-order valence-electron chi connectivity index (χ2n) is 12.2. The van der Waals surface area contributed by atoms with Gasteiger partial charge < -0.3 is 10.0 Å². The summed E-state index contributed by atoms with van der Waals surface area (Å²) >= 11 is 0. The van der Waals surface area contributed by atoms with Gasteiger partial charge in [0.1, 0.15) is 5.75 Å². The number of pyridine rings is 1. The normalized spacial score (nSPS) is 39.6. The molecule has 2 saturated heterocycles. The van der Waals surface area contributed by atoms with Crippen LogP contribution in [-0.2, 0) is 11.8 Å². The molecule has 3 saturated carbocycles. The van der Waals surface area contributed by atoms with E-state index in [9.17, 15) is 9.90 Å². The molecular weight excluding hydrogens is 422 g/mol. The van der Waals surface area contributed by atoms with Crippen LogP contribution in [0.15, 0.2) is 42.7 Å². The van der Waals surface area contributed by atoms with Crippen LogP contribution in [0.25, 0.3) is 0 Å². The average Bonchev–Trinajstić information content (AvgIpc) is 3.55. The molecule has 1 aromatic heterocycles. The minimum absolute atomic E-state index is 0.102. The van der Waals surface area contributed by atoms with Crippen molar-refractivity contribution < 1.29 is 9.90 Å². The Balaban J connectivity index is 1.25. The zero-order valence-electron chi connectivity index (χ0n) is 19.7. The number of nitrogens with zero attached hydrogens (tertiary/aromatic N) is 3. The number of aromatic nitrogens is 1. The van der Waals surface area contributed by atoms with E-state index in [2.05, 4.69) is 26.9 Å². The Morgan fingerprint density at radius 2 is 1.97 bits per heavy atom. The molecule has 2 aliphatic heterocycles. The number of rotatable bonds is 3. The van der Waals surface area contributed by atoms with Crippen LogP contribution in [-0.4, -0.2) is 57.5 Å². The van der Waals surface area contributed by atoms with Crippen LogP contribution in [0.4, 0.5) is 0 Å². The lowest BCUT2D eigenvalue weighted by Crippen LogP contribution is -2.69. The van der Waals surface area contributed by atoms with E-state index in [1.165, 1.54) is 56.3 Å². The van der Waals surface area contributed by atoms with E-state index in [-0.39, 0.29) is 11.3 Å². The van der Waals surface area contributed by atoms with Crippen LogP contribution in [0.1, 0.15) is 60.0 Å². The molecule has 6 atom stereocenters. The second kappa shape index (κ2) is 6.63. The molecule has 4 aliphatic carbocycles. The Morgan fingerprint density at radius 3 is 2.79 bits per heavy atom. The molecular formula is C29H33N3O2. The topological polar surface area (TPSA) is 56.7 Å². The average molecular weight is 456 g/mol. The van der Waals surface area contributed by atoms with Crippen LogP contribution in [0.2, 0.25) is 0 Å². The van der Waals surface area contributed by atoms with Gasteiger partial charge in [-0.3, -0.25) is 14.7 Å². The van der Waals surface area contributed by atoms with Gasteiger partial charge in [0, 0.05) is 48.5 Å². The highest BCUT2D eigenvalue weighted by Crippen LogP contribution is 2.75. The van der Waals surface area contributed by atoms with Crippen LogP contribution in [0, 0.1) is 23.2 Å². The van der Waals surface area contributed by atoms with Gasteiger partial charge in [0.15, 0.2) is 0 Å². The third kappa shape index (κ3) is 2.35. The van der Waals surface area contributed by atoms with Gasteiger partial charge in [0.05, 0.1) is 0 Å². The SMILES string of the molecule is O=C(c1ccncc1)N1C[C@H]2CC34CCC1C2C31CCN(CC2CC2)C4Cc2ccc(O)cc21. The maximum atomic E-state index is 13.6. The van der Waals surface area contributed by atoms with Crippen molar-refractivity contribution >= 4 is 5.91 Å². The molecule has 6 aliphatic rings. The first kappa shape index (κ1) is 19.9. The van der Waals surface area contributed by atoms with Crippen molar-refractivity contribution in [3.63, 3.8) is 0 Å². The van der Waals surface area contributed by atoms with E-state index < -0.39 is 0 Å². The highest BCUT2D eigenvalue weighted by molar-refractivity contribution is 5.94. The summed E-state index contributed by atoms with van der Waals surface area (Å²) in [5, 5.41) is 10.6. The quantitative estimate of drug-likeness (QED) is 0.760. The Hall–Kier alpha value is -2.40. The monoisotopic (exact) mass is 455 g/mol. The predicted molar refractivity (Wildman–Crippen MR) is 129 cm³/mol. The summed E-state index contributed by atoms with van der Waals surface area (Å²) in [5.41, 5.74) is 4.07. The number of carbonyl (C=O) groups is 1. The highest BCUT2D eigenvalue weighted by Gasteiger charge is 2.76.